The van der Waals surface area contributed by atoms with Crippen LogP contribution < -0.4 is 22.1 Å². The minimum Gasteiger partial charge on any atom is -0.481 e. The Morgan fingerprint density at radius 2 is 1.93 bits per heavy atom. The van der Waals surface area contributed by atoms with Gasteiger partial charge in [0, 0.05) is 17.0 Å². The number of aliphatic imine (C=N–C) groups is 1. The van der Waals surface area contributed by atoms with E-state index in [1.165, 1.54) is 12.1 Å². The number of alkyl halides is 4. The van der Waals surface area contributed by atoms with E-state index in [0.717, 1.165) is 16.9 Å². The number of amides is 2. The molecule has 2 amide bonds. The zero-order chi connectivity index (χ0) is 29.4. The average molecular weight is 567 g/mol. The van der Waals surface area contributed by atoms with Crippen LogP contribution in [0.2, 0.25) is 0 Å². The molecule has 0 saturated carbocycles. The number of aliphatic carboxylic acids is 1. The van der Waals surface area contributed by atoms with Gasteiger partial charge in [-0.25, -0.2) is 13.8 Å². The molecule has 0 bridgehead atoms. The maximum Gasteiger partial charge on any atom is 0.419 e. The third kappa shape index (κ3) is 5.79. The number of halogens is 5. The standard InChI is InChI=1S/C24H22F5N7O4/c25-11-7-32-23(33-8-11)35-12-4-14(21(30)39)15-9-34-36(18(15)5-12)20(22(31)40)13(6-19(37)38)10-1-2-17(26)16(3-10)24(27,28)29/h1-5,9,11,13,20H,6-8H2,(H2,30,39)(H2,31,40)(H,37,38)(H2,32,33,35)/t13-,20?/m0/s1. The third-order valence-electron chi connectivity index (χ3n) is 6.24. The van der Waals surface area contributed by atoms with Gasteiger partial charge < -0.3 is 27.2 Å². The largest absolute Gasteiger partial charge is 0.481 e. The maximum atomic E-state index is 14.0. The Hall–Kier alpha value is -4.76. The molecule has 4 rings (SSSR count). The van der Waals surface area contributed by atoms with Crippen molar-refractivity contribution in [2.75, 3.05) is 18.4 Å². The van der Waals surface area contributed by atoms with Gasteiger partial charge in [0.05, 0.1) is 42.4 Å². The van der Waals surface area contributed by atoms with Crippen LogP contribution in [-0.4, -0.2) is 57.9 Å². The van der Waals surface area contributed by atoms with Crippen LogP contribution in [-0.2, 0) is 15.8 Å². The van der Waals surface area contributed by atoms with Crippen LogP contribution in [0, 0.1) is 5.82 Å². The molecule has 1 aliphatic heterocycles. The molecule has 1 aromatic heterocycles. The van der Waals surface area contributed by atoms with Crippen LogP contribution in [0.4, 0.5) is 27.6 Å². The number of anilines is 1. The van der Waals surface area contributed by atoms with Gasteiger partial charge in [-0.15, -0.1) is 0 Å². The van der Waals surface area contributed by atoms with Crippen molar-refractivity contribution in [3.05, 3.63) is 59.0 Å². The van der Waals surface area contributed by atoms with Crippen molar-refractivity contribution in [1.29, 1.82) is 0 Å². The quantitative estimate of drug-likeness (QED) is 0.259. The Kier molecular flexibility index (Phi) is 7.61. The van der Waals surface area contributed by atoms with Crippen molar-refractivity contribution in [1.82, 2.24) is 15.1 Å². The summed E-state index contributed by atoms with van der Waals surface area (Å²) in [5, 5.41) is 19.3. The Balaban J connectivity index is 1.88. The first-order valence-electron chi connectivity index (χ1n) is 11.6. The lowest BCUT2D eigenvalue weighted by Gasteiger charge is -2.26. The second kappa shape index (κ2) is 10.8. The number of nitrogens with one attached hydrogen (secondary N) is 2. The van der Waals surface area contributed by atoms with Gasteiger partial charge in [-0.05, 0) is 29.8 Å². The lowest BCUT2D eigenvalue weighted by atomic mass is 9.86. The SMILES string of the molecule is NC(=O)c1cc(NC2=NCC(F)CN2)cc2c1cnn2C(C(N)=O)[C@@H](CC(=O)O)c1ccc(F)c(C(F)(F)F)c1. The van der Waals surface area contributed by atoms with Gasteiger partial charge in [-0.3, -0.25) is 19.1 Å². The van der Waals surface area contributed by atoms with Crippen molar-refractivity contribution in [3.8, 4) is 0 Å². The summed E-state index contributed by atoms with van der Waals surface area (Å²) in [5.41, 5.74) is 9.29. The predicted molar refractivity (Wildman–Crippen MR) is 132 cm³/mol. The van der Waals surface area contributed by atoms with Crippen molar-refractivity contribution >= 4 is 40.3 Å². The van der Waals surface area contributed by atoms with Crippen LogP contribution >= 0.6 is 0 Å². The lowest BCUT2D eigenvalue weighted by Crippen LogP contribution is -2.41. The molecule has 0 aliphatic carbocycles. The number of guanidine groups is 1. The van der Waals surface area contributed by atoms with Crippen LogP contribution in [0.3, 0.4) is 0 Å². The topological polar surface area (TPSA) is 178 Å². The van der Waals surface area contributed by atoms with E-state index in [1.807, 2.05) is 0 Å². The van der Waals surface area contributed by atoms with E-state index < -0.39 is 59.9 Å². The number of fused-ring (bicyclic) bond motifs is 1. The molecule has 0 saturated heterocycles. The van der Waals surface area contributed by atoms with Gasteiger partial charge >= 0.3 is 12.1 Å². The fraction of sp³-hybridized carbons (Fsp3) is 0.292. The van der Waals surface area contributed by atoms with Gasteiger partial charge in [-0.2, -0.15) is 18.3 Å². The summed E-state index contributed by atoms with van der Waals surface area (Å²) in [5.74, 6) is -6.53. The second-order valence-corrected chi connectivity index (χ2v) is 8.99. The number of nitrogens with two attached hydrogens (primary N) is 2. The molecule has 0 radical (unpaired) electrons. The molecule has 3 aromatic rings. The zero-order valence-corrected chi connectivity index (χ0v) is 20.4. The van der Waals surface area contributed by atoms with E-state index in [9.17, 15) is 41.4 Å². The number of carboxylic acid groups (broad SMARTS) is 1. The molecule has 3 atom stereocenters. The monoisotopic (exact) mass is 567 g/mol. The first-order valence-corrected chi connectivity index (χ1v) is 11.6. The summed E-state index contributed by atoms with van der Waals surface area (Å²) < 4.78 is 68.6. The van der Waals surface area contributed by atoms with E-state index in [2.05, 4.69) is 20.7 Å². The molecule has 2 heterocycles. The molecule has 2 unspecified atom stereocenters. The predicted octanol–water partition coefficient (Wildman–Crippen LogP) is 2.29. The van der Waals surface area contributed by atoms with Crippen LogP contribution in [0.1, 0.15) is 39.9 Å². The molecular weight excluding hydrogens is 545 g/mol. The zero-order valence-electron chi connectivity index (χ0n) is 20.4. The Morgan fingerprint density at radius 3 is 2.50 bits per heavy atom. The second-order valence-electron chi connectivity index (χ2n) is 8.99. The van der Waals surface area contributed by atoms with Gasteiger partial charge in [0.2, 0.25) is 11.8 Å². The normalized spacial score (nSPS) is 17.0. The van der Waals surface area contributed by atoms with Crippen LogP contribution in [0.5, 0.6) is 0 Å². The average Bonchev–Trinajstić information content (AvgIpc) is 3.27. The first kappa shape index (κ1) is 28.3. The molecule has 2 aromatic carbocycles. The fourth-order valence-corrected chi connectivity index (χ4v) is 4.46. The molecule has 0 fully saturated rings. The van der Waals surface area contributed by atoms with Gasteiger partial charge in [0.25, 0.3) is 0 Å². The highest BCUT2D eigenvalue weighted by molar-refractivity contribution is 6.08. The molecule has 11 nitrogen and oxygen atoms in total. The minimum absolute atomic E-state index is 0.0348. The van der Waals surface area contributed by atoms with E-state index in [0.29, 0.717) is 12.1 Å². The number of primary amides is 2. The number of rotatable bonds is 8. The minimum atomic E-state index is -5.11. The Labute approximate surface area is 222 Å². The molecule has 1 aliphatic rings. The van der Waals surface area contributed by atoms with Crippen molar-refractivity contribution < 1.29 is 41.4 Å². The molecule has 0 spiro atoms. The number of hydrogen-bond acceptors (Lipinski definition) is 7. The van der Waals surface area contributed by atoms with Gasteiger partial charge in [0.15, 0.2) is 5.96 Å². The number of carbonyl (C=O) groups is 3. The van der Waals surface area contributed by atoms with Gasteiger partial charge in [0.1, 0.15) is 18.0 Å². The summed E-state index contributed by atoms with van der Waals surface area (Å²) in [6.07, 6.45) is -6.04. The van der Waals surface area contributed by atoms with E-state index in [-0.39, 0.29) is 46.8 Å². The van der Waals surface area contributed by atoms with E-state index in [4.69, 9.17) is 11.5 Å². The van der Waals surface area contributed by atoms with E-state index in [1.54, 1.807) is 0 Å². The number of carboxylic acids is 1. The summed E-state index contributed by atoms with van der Waals surface area (Å²) in [7, 11) is 0. The van der Waals surface area contributed by atoms with Crippen molar-refractivity contribution in [2.45, 2.75) is 30.7 Å². The highest BCUT2D eigenvalue weighted by atomic mass is 19.4. The summed E-state index contributed by atoms with van der Waals surface area (Å²) >= 11 is 0. The molecular formula is C24H22F5N7O4. The van der Waals surface area contributed by atoms with Crippen molar-refractivity contribution in [2.24, 2.45) is 16.5 Å². The van der Waals surface area contributed by atoms with E-state index >= 15 is 0 Å². The number of aromatic nitrogens is 2. The highest BCUT2D eigenvalue weighted by Crippen LogP contribution is 2.39. The van der Waals surface area contributed by atoms with Crippen LogP contribution in [0.15, 0.2) is 41.5 Å². The number of carbonyl (C=O) groups excluding carboxylic acids is 2. The number of nitrogens with zero attached hydrogens (tertiary/aromatic N) is 3. The maximum absolute atomic E-state index is 14.0. The summed E-state index contributed by atoms with van der Waals surface area (Å²) in [6, 6.07) is 2.88. The van der Waals surface area contributed by atoms with Crippen molar-refractivity contribution in [3.63, 3.8) is 0 Å². The number of benzene rings is 2. The van der Waals surface area contributed by atoms with Gasteiger partial charge in [-0.1, -0.05) is 6.07 Å². The van der Waals surface area contributed by atoms with Crippen LogP contribution in [0.25, 0.3) is 10.9 Å². The lowest BCUT2D eigenvalue weighted by molar-refractivity contribution is -0.140. The first-order chi connectivity index (χ1) is 18.8. The molecule has 16 heteroatoms. The summed E-state index contributed by atoms with van der Waals surface area (Å²) in [4.78, 5) is 40.7. The Morgan fingerprint density at radius 1 is 1.20 bits per heavy atom. The molecule has 40 heavy (non-hydrogen) atoms. The fourth-order valence-electron chi connectivity index (χ4n) is 4.46. The highest BCUT2D eigenvalue weighted by Gasteiger charge is 2.38. The third-order valence-corrected chi connectivity index (χ3v) is 6.24. The number of hydrogen-bond donors (Lipinski definition) is 5. The summed E-state index contributed by atoms with van der Waals surface area (Å²) in [6.45, 7) is -0.163. The smallest absolute Gasteiger partial charge is 0.419 e. The molecule has 212 valence electrons. The Bertz CT molecular complexity index is 1520. The molecule has 7 N–H and O–H groups in total.